The lowest BCUT2D eigenvalue weighted by molar-refractivity contribution is -0.138. The molecule has 0 saturated carbocycles. The predicted octanol–water partition coefficient (Wildman–Crippen LogP) is 6.04. The minimum absolute atomic E-state index is 0.0488. The van der Waals surface area contributed by atoms with Crippen molar-refractivity contribution in [2.24, 2.45) is 5.92 Å². The third kappa shape index (κ3) is 7.09. The van der Waals surface area contributed by atoms with E-state index in [1.807, 2.05) is 44.2 Å². The zero-order valence-corrected chi connectivity index (χ0v) is 20.9. The molecule has 0 bridgehead atoms. The lowest BCUT2D eigenvalue weighted by Crippen LogP contribution is -2.47. The molecule has 0 fully saturated rings. The van der Waals surface area contributed by atoms with Gasteiger partial charge in [0.15, 0.2) is 5.75 Å². The molecule has 0 aliphatic rings. The summed E-state index contributed by atoms with van der Waals surface area (Å²) in [6.07, 6.45) is 2.48. The van der Waals surface area contributed by atoms with Crippen LogP contribution in [0.15, 0.2) is 57.7 Å². The Hall–Kier alpha value is -3.32. The quantitative estimate of drug-likeness (QED) is 0.208. The van der Waals surface area contributed by atoms with Gasteiger partial charge in [0.1, 0.15) is 18.2 Å². The average molecular weight is 500 g/mol. The highest BCUT2D eigenvalue weighted by Crippen LogP contribution is 2.32. The second-order valence-electron chi connectivity index (χ2n) is 8.46. The Morgan fingerprint density at radius 3 is 2.54 bits per heavy atom. The summed E-state index contributed by atoms with van der Waals surface area (Å²) in [5, 5.41) is 3.50. The number of carbonyl (C=O) groups is 2. The first-order valence-corrected chi connectivity index (χ1v) is 12.1. The van der Waals surface area contributed by atoms with Gasteiger partial charge in [-0.05, 0) is 36.0 Å². The number of amides is 1. The summed E-state index contributed by atoms with van der Waals surface area (Å²) >= 11 is 6.43. The van der Waals surface area contributed by atoms with Gasteiger partial charge in [0.2, 0.25) is 0 Å². The number of alkyl carbamates (subject to hydrolysis) is 1. The van der Waals surface area contributed by atoms with Gasteiger partial charge in [-0.15, -0.1) is 0 Å². The third-order valence-electron chi connectivity index (χ3n) is 5.85. The fraction of sp³-hybridized carbons (Fsp3) is 0.370. The number of halogens is 1. The summed E-state index contributed by atoms with van der Waals surface area (Å²) in [4.78, 5) is 37.5. The van der Waals surface area contributed by atoms with Crippen molar-refractivity contribution in [2.45, 2.75) is 59.1 Å². The van der Waals surface area contributed by atoms with Crippen LogP contribution in [0.2, 0.25) is 5.02 Å². The van der Waals surface area contributed by atoms with E-state index < -0.39 is 23.7 Å². The zero-order valence-electron chi connectivity index (χ0n) is 20.1. The zero-order chi connectivity index (χ0) is 25.4. The predicted molar refractivity (Wildman–Crippen MR) is 135 cm³/mol. The van der Waals surface area contributed by atoms with Crippen LogP contribution in [0.5, 0.6) is 5.75 Å². The van der Waals surface area contributed by atoms with Crippen molar-refractivity contribution in [3.8, 4) is 5.75 Å². The highest BCUT2D eigenvalue weighted by Gasteiger charge is 2.29. The van der Waals surface area contributed by atoms with E-state index in [1.54, 1.807) is 6.07 Å². The van der Waals surface area contributed by atoms with Crippen LogP contribution in [-0.2, 0) is 22.6 Å². The minimum atomic E-state index is -0.960. The fourth-order valence-corrected chi connectivity index (χ4v) is 3.82. The maximum Gasteiger partial charge on any atom is 0.408 e. The van der Waals surface area contributed by atoms with E-state index >= 15 is 0 Å². The lowest BCUT2D eigenvalue weighted by atomic mass is 9.99. The Kier molecular flexibility index (Phi) is 9.32. The Labute approximate surface area is 209 Å². The molecular weight excluding hydrogens is 470 g/mol. The number of unbranched alkanes of at least 4 members (excludes halogenated alkanes) is 1. The molecule has 1 N–H and O–H groups in total. The van der Waals surface area contributed by atoms with Crippen LogP contribution in [0.1, 0.15) is 51.2 Å². The van der Waals surface area contributed by atoms with Crippen molar-refractivity contribution in [2.75, 3.05) is 0 Å². The van der Waals surface area contributed by atoms with E-state index in [-0.39, 0.29) is 28.9 Å². The Bertz CT molecular complexity index is 1220. The van der Waals surface area contributed by atoms with E-state index in [2.05, 4.69) is 12.2 Å². The van der Waals surface area contributed by atoms with Crippen molar-refractivity contribution in [1.82, 2.24) is 5.32 Å². The van der Waals surface area contributed by atoms with E-state index in [0.717, 1.165) is 24.0 Å². The van der Waals surface area contributed by atoms with Gasteiger partial charge in [0.25, 0.3) is 0 Å². The summed E-state index contributed by atoms with van der Waals surface area (Å²) in [6.45, 7) is 5.87. The van der Waals surface area contributed by atoms with E-state index in [9.17, 15) is 14.4 Å². The standard InChI is InChI=1S/C27H30ClNO6/c1-4-6-12-19-13-24(30)34-22-15-23(21(28)14-20(19)22)35-26(31)25(17(3)5-2)29-27(32)33-16-18-10-8-7-9-11-18/h7-11,13-15,17,25H,4-6,12,16H2,1-3H3,(H,29,32)/t17-,25+/m1/s1. The lowest BCUT2D eigenvalue weighted by Gasteiger charge is -2.22. The first-order chi connectivity index (χ1) is 16.8. The average Bonchev–Trinajstić information content (AvgIpc) is 2.85. The molecule has 0 saturated heterocycles. The summed E-state index contributed by atoms with van der Waals surface area (Å²) < 4.78 is 16.2. The molecule has 2 aromatic carbocycles. The number of hydrogen-bond donors (Lipinski definition) is 1. The van der Waals surface area contributed by atoms with Gasteiger partial charge < -0.3 is 19.2 Å². The topological polar surface area (TPSA) is 94.8 Å². The number of benzene rings is 2. The van der Waals surface area contributed by atoms with E-state index in [4.69, 9.17) is 25.5 Å². The maximum absolute atomic E-state index is 13.0. The van der Waals surface area contributed by atoms with Gasteiger partial charge in [-0.1, -0.05) is 75.5 Å². The maximum atomic E-state index is 13.0. The third-order valence-corrected chi connectivity index (χ3v) is 6.14. The van der Waals surface area contributed by atoms with Crippen molar-refractivity contribution in [3.63, 3.8) is 0 Å². The van der Waals surface area contributed by atoms with Gasteiger partial charge in [-0.25, -0.2) is 14.4 Å². The molecular formula is C27H30ClNO6. The number of aryl methyl sites for hydroxylation is 1. The van der Waals surface area contributed by atoms with Crippen LogP contribution >= 0.6 is 11.6 Å². The van der Waals surface area contributed by atoms with Crippen molar-refractivity contribution < 1.29 is 23.5 Å². The fourth-order valence-electron chi connectivity index (χ4n) is 3.61. The molecule has 3 aromatic rings. The molecule has 186 valence electrons. The second-order valence-corrected chi connectivity index (χ2v) is 8.87. The SMILES string of the molecule is CCCCc1cc(=O)oc2cc(OC(=O)[C@@H](NC(=O)OCc3ccccc3)[C@H](C)CC)c(Cl)cc12. The van der Waals surface area contributed by atoms with Gasteiger partial charge in [-0.2, -0.15) is 0 Å². The number of hydrogen-bond acceptors (Lipinski definition) is 6. The van der Waals surface area contributed by atoms with Crippen molar-refractivity contribution in [1.29, 1.82) is 0 Å². The van der Waals surface area contributed by atoms with Crippen LogP contribution in [0.3, 0.4) is 0 Å². The highest BCUT2D eigenvalue weighted by molar-refractivity contribution is 6.33. The first kappa shape index (κ1) is 26.3. The molecule has 3 rings (SSSR count). The molecule has 0 unspecified atom stereocenters. The van der Waals surface area contributed by atoms with Gasteiger partial charge in [0, 0.05) is 17.5 Å². The summed E-state index contributed by atoms with van der Waals surface area (Å²) in [6, 6.07) is 12.8. The molecule has 0 aliphatic carbocycles. The normalized spacial score (nSPS) is 12.7. The van der Waals surface area contributed by atoms with Crippen molar-refractivity contribution >= 4 is 34.6 Å². The molecule has 8 heteroatoms. The Balaban J connectivity index is 1.77. The molecule has 0 spiro atoms. The molecule has 7 nitrogen and oxygen atoms in total. The van der Waals surface area contributed by atoms with Crippen LogP contribution in [0.25, 0.3) is 11.0 Å². The number of carbonyl (C=O) groups excluding carboxylic acids is 2. The molecule has 0 aliphatic heterocycles. The summed E-state index contributed by atoms with van der Waals surface area (Å²) in [5.41, 5.74) is 1.46. The largest absolute Gasteiger partial charge is 0.445 e. The smallest absolute Gasteiger partial charge is 0.408 e. The Morgan fingerprint density at radius 2 is 1.86 bits per heavy atom. The van der Waals surface area contributed by atoms with Gasteiger partial charge in [-0.3, -0.25) is 0 Å². The minimum Gasteiger partial charge on any atom is -0.445 e. The van der Waals surface area contributed by atoms with Crippen LogP contribution in [0, 0.1) is 5.92 Å². The van der Waals surface area contributed by atoms with Crippen LogP contribution in [0.4, 0.5) is 4.79 Å². The summed E-state index contributed by atoms with van der Waals surface area (Å²) in [7, 11) is 0. The number of nitrogens with one attached hydrogen (secondary N) is 1. The van der Waals surface area contributed by atoms with E-state index in [0.29, 0.717) is 18.2 Å². The van der Waals surface area contributed by atoms with Crippen molar-refractivity contribution in [3.05, 3.63) is 75.1 Å². The molecule has 1 heterocycles. The van der Waals surface area contributed by atoms with Crippen LogP contribution < -0.4 is 15.7 Å². The Morgan fingerprint density at radius 1 is 1.11 bits per heavy atom. The van der Waals surface area contributed by atoms with Gasteiger partial charge in [0.05, 0.1) is 5.02 Å². The molecule has 1 amide bonds. The number of fused-ring (bicyclic) bond motifs is 1. The van der Waals surface area contributed by atoms with Gasteiger partial charge >= 0.3 is 17.7 Å². The molecule has 35 heavy (non-hydrogen) atoms. The highest BCUT2D eigenvalue weighted by atomic mass is 35.5. The summed E-state index contributed by atoms with van der Waals surface area (Å²) in [5.74, 6) is -0.876. The molecule has 0 radical (unpaired) electrons. The van der Waals surface area contributed by atoms with E-state index in [1.165, 1.54) is 12.1 Å². The number of esters is 1. The van der Waals surface area contributed by atoms with Crippen LogP contribution in [-0.4, -0.2) is 18.1 Å². The first-order valence-electron chi connectivity index (χ1n) is 11.8. The number of rotatable bonds is 10. The monoisotopic (exact) mass is 499 g/mol. The molecule has 1 aromatic heterocycles. The molecule has 2 atom stereocenters. The number of ether oxygens (including phenoxy) is 2. The second kappa shape index (κ2) is 12.4.